The van der Waals surface area contributed by atoms with Crippen molar-refractivity contribution in [2.45, 2.75) is 37.5 Å². The predicted molar refractivity (Wildman–Crippen MR) is 104 cm³/mol. The van der Waals surface area contributed by atoms with Crippen LogP contribution in [0.2, 0.25) is 0 Å². The van der Waals surface area contributed by atoms with E-state index in [4.69, 9.17) is 0 Å². The van der Waals surface area contributed by atoms with E-state index in [1.807, 2.05) is 0 Å². The molecule has 3 atom stereocenters. The van der Waals surface area contributed by atoms with Crippen LogP contribution in [0.4, 0.5) is 0 Å². The van der Waals surface area contributed by atoms with Gasteiger partial charge in [0.05, 0.1) is 0 Å². The van der Waals surface area contributed by atoms with Crippen LogP contribution in [0.1, 0.15) is 48.6 Å². The van der Waals surface area contributed by atoms with Gasteiger partial charge >= 0.3 is 0 Å². The molecule has 0 nitrogen and oxygen atoms in total. The topological polar surface area (TPSA) is 0 Å². The van der Waals surface area contributed by atoms with Crippen molar-refractivity contribution in [2.75, 3.05) is 0 Å². The average Bonchev–Trinajstić information content (AvgIpc) is 2.55. The van der Waals surface area contributed by atoms with Gasteiger partial charge in [0.25, 0.3) is 0 Å². The zero-order chi connectivity index (χ0) is 14.7. The Morgan fingerprint density at radius 3 is 1.90 bits per heavy atom. The Kier molecular flexibility index (Phi) is 5.45. The van der Waals surface area contributed by atoms with E-state index in [9.17, 15) is 0 Å². The predicted octanol–water partition coefficient (Wildman–Crippen LogP) is 4.72. The summed E-state index contributed by atoms with van der Waals surface area (Å²) in [5.41, 5.74) is 3.14. The molecule has 0 bridgehead atoms. The van der Waals surface area contributed by atoms with E-state index in [1.165, 1.54) is 36.3 Å². The molecule has 110 valence electrons. The summed E-state index contributed by atoms with van der Waals surface area (Å²) in [7, 11) is 6.64. The molecule has 0 aromatic heterocycles. The van der Waals surface area contributed by atoms with Gasteiger partial charge in [0, 0.05) is 0 Å². The van der Waals surface area contributed by atoms with Crippen LogP contribution in [0.3, 0.4) is 0 Å². The molecule has 2 aromatic carbocycles. The van der Waals surface area contributed by atoms with E-state index in [-0.39, 0.29) is 0 Å². The Bertz CT molecular complexity index is 601. The molecule has 3 heteroatoms. The fourth-order valence-electron chi connectivity index (χ4n) is 3.58. The first kappa shape index (κ1) is 15.6. The third-order valence-corrected chi connectivity index (χ3v) is 6.94. The molecule has 0 radical (unpaired) electrons. The summed E-state index contributed by atoms with van der Waals surface area (Å²) in [5.74, 6) is 1.52. The van der Waals surface area contributed by atoms with Gasteiger partial charge in [0.1, 0.15) is 0 Å². The second kappa shape index (κ2) is 7.33. The summed E-state index contributed by atoms with van der Waals surface area (Å²) >= 11 is 0. The van der Waals surface area contributed by atoms with Crippen LogP contribution >= 0.6 is 26.4 Å². The maximum absolute atomic E-state index is 2.90. The van der Waals surface area contributed by atoms with Gasteiger partial charge in [-0.2, -0.15) is 0 Å². The summed E-state index contributed by atoms with van der Waals surface area (Å²) in [4.78, 5) is 0. The molecule has 0 heterocycles. The minimum absolute atomic E-state index is 0.751. The lowest BCUT2D eigenvalue weighted by molar-refractivity contribution is 0.398. The second-order valence-corrected chi connectivity index (χ2v) is 8.22. The highest BCUT2D eigenvalue weighted by Crippen LogP contribution is 2.41. The minimum Gasteiger partial charge on any atom is -0.110 e. The van der Waals surface area contributed by atoms with Crippen molar-refractivity contribution in [3.8, 4) is 0 Å². The molecule has 1 aliphatic carbocycles. The standard InChI is InChI=1S/C18H23P3/c19-17-7-3-1-5-15(17)13-9-11-14(12-10-13)16-6-2-4-8-18(16)21-20/h1-8,13-14,21H,9-12,19-20H2. The van der Waals surface area contributed by atoms with Gasteiger partial charge in [-0.1, -0.05) is 56.8 Å². The first-order chi connectivity index (χ1) is 10.3. The van der Waals surface area contributed by atoms with Crippen LogP contribution in [-0.4, -0.2) is 0 Å². The van der Waals surface area contributed by atoms with Crippen molar-refractivity contribution in [3.63, 3.8) is 0 Å². The van der Waals surface area contributed by atoms with E-state index in [2.05, 4.69) is 66.7 Å². The van der Waals surface area contributed by atoms with Crippen LogP contribution in [-0.2, 0) is 0 Å². The average molecular weight is 332 g/mol. The van der Waals surface area contributed by atoms with Crippen molar-refractivity contribution in [1.29, 1.82) is 0 Å². The third kappa shape index (κ3) is 3.56. The van der Waals surface area contributed by atoms with Crippen molar-refractivity contribution < 1.29 is 0 Å². The molecule has 0 spiro atoms. The number of hydrogen-bond donors (Lipinski definition) is 0. The highest BCUT2D eigenvalue weighted by Gasteiger charge is 2.25. The summed E-state index contributed by atoms with van der Waals surface area (Å²) in [6, 6.07) is 17.9. The molecule has 0 amide bonds. The minimum atomic E-state index is 0.751. The van der Waals surface area contributed by atoms with Gasteiger partial charge in [0.2, 0.25) is 0 Å². The summed E-state index contributed by atoms with van der Waals surface area (Å²) in [5, 5.41) is 2.92. The first-order valence-electron chi connectivity index (χ1n) is 7.69. The van der Waals surface area contributed by atoms with E-state index in [0.29, 0.717) is 0 Å². The number of benzene rings is 2. The van der Waals surface area contributed by atoms with E-state index < -0.39 is 0 Å². The van der Waals surface area contributed by atoms with Gasteiger partial charge in [-0.3, -0.25) is 0 Å². The maximum atomic E-state index is 2.90. The normalized spacial score (nSPS) is 22.8. The van der Waals surface area contributed by atoms with E-state index >= 15 is 0 Å². The van der Waals surface area contributed by atoms with Crippen LogP contribution < -0.4 is 10.6 Å². The summed E-state index contributed by atoms with van der Waals surface area (Å²) in [6.07, 6.45) is 5.31. The molecule has 2 aromatic rings. The SMILES string of the molecule is PPc1ccccc1C1CCC(c2ccccc2P)CC1. The molecule has 3 unspecified atom stereocenters. The monoisotopic (exact) mass is 332 g/mol. The van der Waals surface area contributed by atoms with Gasteiger partial charge in [-0.05, 0) is 59.3 Å². The van der Waals surface area contributed by atoms with Crippen LogP contribution in [0, 0.1) is 0 Å². The van der Waals surface area contributed by atoms with Crippen molar-refractivity contribution in [1.82, 2.24) is 0 Å². The molecular formula is C18H23P3. The Balaban J connectivity index is 1.72. The first-order valence-corrected chi connectivity index (χ1v) is 11.1. The molecular weight excluding hydrogens is 309 g/mol. The van der Waals surface area contributed by atoms with E-state index in [1.54, 1.807) is 11.1 Å². The highest BCUT2D eigenvalue weighted by molar-refractivity contribution is 8.06. The lowest BCUT2D eigenvalue weighted by atomic mass is 9.76. The Hall–Kier alpha value is -0.270. The van der Waals surface area contributed by atoms with E-state index in [0.717, 1.165) is 20.1 Å². The Morgan fingerprint density at radius 1 is 0.762 bits per heavy atom. The summed E-state index contributed by atoms with van der Waals surface area (Å²) in [6.45, 7) is 0. The zero-order valence-corrected chi connectivity index (χ0v) is 15.6. The molecule has 3 rings (SSSR count). The molecule has 0 aliphatic heterocycles. The number of rotatable bonds is 3. The molecule has 1 fully saturated rings. The highest BCUT2D eigenvalue weighted by atomic mass is 32.0. The summed E-state index contributed by atoms with van der Waals surface area (Å²) < 4.78 is 0. The van der Waals surface area contributed by atoms with Gasteiger partial charge in [-0.15, -0.1) is 18.2 Å². The van der Waals surface area contributed by atoms with Gasteiger partial charge in [0.15, 0.2) is 0 Å². The van der Waals surface area contributed by atoms with Gasteiger partial charge in [-0.25, -0.2) is 0 Å². The van der Waals surface area contributed by atoms with Crippen LogP contribution in [0.5, 0.6) is 0 Å². The fourth-order valence-corrected chi connectivity index (χ4v) is 5.46. The quantitative estimate of drug-likeness (QED) is 0.713. The zero-order valence-electron chi connectivity index (χ0n) is 12.3. The van der Waals surface area contributed by atoms with Crippen LogP contribution in [0.25, 0.3) is 0 Å². The Morgan fingerprint density at radius 2 is 1.29 bits per heavy atom. The van der Waals surface area contributed by atoms with Gasteiger partial charge < -0.3 is 0 Å². The van der Waals surface area contributed by atoms with Crippen molar-refractivity contribution in [2.24, 2.45) is 0 Å². The molecule has 1 saturated carbocycles. The Labute approximate surface area is 134 Å². The van der Waals surface area contributed by atoms with Crippen molar-refractivity contribution in [3.05, 3.63) is 59.7 Å². The molecule has 1 aliphatic rings. The lowest BCUT2D eigenvalue weighted by Gasteiger charge is -2.30. The molecule has 0 saturated heterocycles. The lowest BCUT2D eigenvalue weighted by Crippen LogP contribution is -2.18. The largest absolute Gasteiger partial charge is 0.110 e. The third-order valence-electron chi connectivity index (χ3n) is 4.72. The maximum Gasteiger partial charge on any atom is -0.0155 e. The second-order valence-electron chi connectivity index (χ2n) is 5.91. The molecule has 0 N–H and O–H groups in total. The fraction of sp³-hybridized carbons (Fsp3) is 0.333. The smallest absolute Gasteiger partial charge is 0.0155 e. The van der Waals surface area contributed by atoms with Crippen molar-refractivity contribution >= 4 is 37.0 Å². The van der Waals surface area contributed by atoms with Crippen LogP contribution in [0.15, 0.2) is 48.5 Å². The number of hydrogen-bond acceptors (Lipinski definition) is 0. The molecule has 21 heavy (non-hydrogen) atoms.